The van der Waals surface area contributed by atoms with Crippen molar-refractivity contribution in [3.8, 4) is 17.5 Å². The van der Waals surface area contributed by atoms with Crippen LogP contribution in [0.5, 0.6) is 0 Å². The smallest absolute Gasteiger partial charge is 0.235 e. The molecule has 0 saturated carbocycles. The number of nitriles is 1. The van der Waals surface area contributed by atoms with E-state index in [0.29, 0.717) is 19.0 Å². The average Bonchev–Trinajstić information content (AvgIpc) is 2.91. The highest BCUT2D eigenvalue weighted by atomic mass is 19.1. The molecule has 0 radical (unpaired) electrons. The molecule has 1 aliphatic rings. The lowest BCUT2D eigenvalue weighted by Gasteiger charge is -2.34. The summed E-state index contributed by atoms with van der Waals surface area (Å²) in [5.74, 6) is 0.0719. The first-order valence-corrected chi connectivity index (χ1v) is 7.14. The van der Waals surface area contributed by atoms with E-state index in [2.05, 4.69) is 4.98 Å². The van der Waals surface area contributed by atoms with Gasteiger partial charge in [-0.2, -0.15) is 10.2 Å². The molecule has 2 atom stereocenters. The van der Waals surface area contributed by atoms with Crippen LogP contribution in [0, 0.1) is 17.1 Å². The molecule has 0 spiro atoms. The van der Waals surface area contributed by atoms with Crippen LogP contribution in [0.25, 0.3) is 11.5 Å². The van der Waals surface area contributed by atoms with E-state index in [1.807, 2.05) is 24.8 Å². The van der Waals surface area contributed by atoms with Crippen molar-refractivity contribution in [2.45, 2.75) is 26.1 Å². The molecule has 2 aromatic rings. The Morgan fingerprint density at radius 3 is 2.59 bits per heavy atom. The summed E-state index contributed by atoms with van der Waals surface area (Å²) in [7, 11) is 0. The van der Waals surface area contributed by atoms with Gasteiger partial charge in [0.25, 0.3) is 0 Å². The number of benzene rings is 1. The molecule has 6 heteroatoms. The van der Waals surface area contributed by atoms with Gasteiger partial charge in [-0.15, -0.1) is 0 Å². The van der Waals surface area contributed by atoms with Crippen LogP contribution < -0.4 is 4.90 Å². The average molecular weight is 301 g/mol. The molecule has 5 nitrogen and oxygen atoms in total. The molecule has 114 valence electrons. The Kier molecular flexibility index (Phi) is 3.82. The molecule has 0 bridgehead atoms. The number of hydrogen-bond acceptors (Lipinski definition) is 5. The van der Waals surface area contributed by atoms with Gasteiger partial charge in [-0.05, 0) is 26.0 Å². The molecule has 0 aliphatic carbocycles. The van der Waals surface area contributed by atoms with Crippen LogP contribution in [0.1, 0.15) is 19.5 Å². The minimum absolute atomic E-state index is 0.0253. The highest BCUT2D eigenvalue weighted by Crippen LogP contribution is 2.31. The lowest BCUT2D eigenvalue weighted by Crippen LogP contribution is -2.45. The molecule has 1 aliphatic heterocycles. The van der Waals surface area contributed by atoms with E-state index < -0.39 is 5.82 Å². The van der Waals surface area contributed by atoms with Crippen LogP contribution in [0.3, 0.4) is 0 Å². The second kappa shape index (κ2) is 5.78. The van der Waals surface area contributed by atoms with E-state index in [-0.39, 0.29) is 29.4 Å². The quantitative estimate of drug-likeness (QED) is 0.853. The first kappa shape index (κ1) is 14.5. The lowest BCUT2D eigenvalue weighted by molar-refractivity contribution is -0.00638. The summed E-state index contributed by atoms with van der Waals surface area (Å²) in [5, 5.41) is 9.29. The third-order valence-corrected chi connectivity index (χ3v) is 3.53. The summed E-state index contributed by atoms with van der Waals surface area (Å²) in [6.45, 7) is 5.13. The third-order valence-electron chi connectivity index (χ3n) is 3.53. The number of hydrogen-bond donors (Lipinski definition) is 0. The third kappa shape index (κ3) is 2.68. The Bertz CT molecular complexity index is 712. The van der Waals surface area contributed by atoms with Gasteiger partial charge in [-0.3, -0.25) is 0 Å². The van der Waals surface area contributed by atoms with Crippen molar-refractivity contribution < 1.29 is 13.5 Å². The van der Waals surface area contributed by atoms with Gasteiger partial charge in [0, 0.05) is 13.1 Å². The number of morpholine rings is 1. The minimum Gasteiger partial charge on any atom is -0.419 e. The molecule has 1 saturated heterocycles. The van der Waals surface area contributed by atoms with Gasteiger partial charge >= 0.3 is 0 Å². The van der Waals surface area contributed by atoms with Gasteiger partial charge in [0.15, 0.2) is 0 Å². The topological polar surface area (TPSA) is 62.3 Å². The molecule has 1 aromatic heterocycles. The Labute approximate surface area is 127 Å². The molecule has 1 fully saturated rings. The molecule has 0 N–H and O–H groups in total. The zero-order chi connectivity index (χ0) is 15.7. The number of ether oxygens (including phenoxy) is 1. The van der Waals surface area contributed by atoms with Crippen LogP contribution >= 0.6 is 0 Å². The number of oxazole rings is 1. The highest BCUT2D eigenvalue weighted by molar-refractivity contribution is 5.60. The predicted octanol–water partition coefficient (Wildman–Crippen LogP) is 2.97. The summed E-state index contributed by atoms with van der Waals surface area (Å²) in [6, 6.07) is 8.24. The fourth-order valence-corrected chi connectivity index (χ4v) is 2.69. The number of nitrogens with zero attached hydrogens (tertiary/aromatic N) is 3. The van der Waals surface area contributed by atoms with Gasteiger partial charge < -0.3 is 14.1 Å². The fourth-order valence-electron chi connectivity index (χ4n) is 2.69. The molecule has 0 amide bonds. The number of aromatic nitrogens is 1. The number of anilines is 1. The van der Waals surface area contributed by atoms with Gasteiger partial charge in [-0.25, -0.2) is 4.39 Å². The SMILES string of the molecule is C[C@@H]1CN(c2oc(-c3ccccc3F)nc2C#N)C[C@H](C)O1. The van der Waals surface area contributed by atoms with Crippen LogP contribution in [0.4, 0.5) is 10.3 Å². The van der Waals surface area contributed by atoms with Gasteiger partial charge in [0.2, 0.25) is 17.5 Å². The van der Waals surface area contributed by atoms with Crippen molar-refractivity contribution in [2.75, 3.05) is 18.0 Å². The van der Waals surface area contributed by atoms with E-state index in [0.717, 1.165) is 0 Å². The first-order valence-electron chi connectivity index (χ1n) is 7.14. The zero-order valence-corrected chi connectivity index (χ0v) is 12.4. The number of rotatable bonds is 2. The second-order valence-electron chi connectivity index (χ2n) is 5.43. The molecule has 1 aromatic carbocycles. The number of halogens is 1. The Morgan fingerprint density at radius 2 is 1.95 bits per heavy atom. The van der Waals surface area contributed by atoms with E-state index in [1.54, 1.807) is 18.2 Å². The molecule has 3 rings (SSSR count). The maximum atomic E-state index is 13.9. The summed E-state index contributed by atoms with van der Waals surface area (Å²) in [4.78, 5) is 6.06. The molecular formula is C16H16FN3O2. The normalized spacial score (nSPS) is 21.6. The van der Waals surface area contributed by atoms with Crippen molar-refractivity contribution in [2.24, 2.45) is 0 Å². The monoisotopic (exact) mass is 301 g/mol. The summed E-state index contributed by atoms with van der Waals surface area (Å²) in [6.07, 6.45) is 0.0506. The Hall–Kier alpha value is -2.39. The standard InChI is InChI=1S/C16H16FN3O2/c1-10-8-20(9-11(2)21-10)16-14(7-18)19-15(22-16)12-5-3-4-6-13(12)17/h3-6,10-11H,8-9H2,1-2H3/t10-,11+. The zero-order valence-electron chi connectivity index (χ0n) is 12.4. The molecule has 22 heavy (non-hydrogen) atoms. The Morgan fingerprint density at radius 1 is 1.27 bits per heavy atom. The van der Waals surface area contributed by atoms with E-state index in [1.165, 1.54) is 6.07 Å². The van der Waals surface area contributed by atoms with Gasteiger partial charge in [0.1, 0.15) is 11.9 Å². The van der Waals surface area contributed by atoms with E-state index >= 15 is 0 Å². The highest BCUT2D eigenvalue weighted by Gasteiger charge is 2.28. The van der Waals surface area contributed by atoms with Crippen LogP contribution in [0.15, 0.2) is 28.7 Å². The fraction of sp³-hybridized carbons (Fsp3) is 0.375. The van der Waals surface area contributed by atoms with Crippen molar-refractivity contribution in [3.63, 3.8) is 0 Å². The van der Waals surface area contributed by atoms with Crippen LogP contribution in [-0.2, 0) is 4.74 Å². The predicted molar refractivity (Wildman–Crippen MR) is 78.8 cm³/mol. The second-order valence-corrected chi connectivity index (χ2v) is 5.43. The van der Waals surface area contributed by atoms with Crippen molar-refractivity contribution in [1.29, 1.82) is 5.26 Å². The van der Waals surface area contributed by atoms with Gasteiger partial charge in [0.05, 0.1) is 17.8 Å². The van der Waals surface area contributed by atoms with Crippen LogP contribution in [-0.4, -0.2) is 30.3 Å². The van der Waals surface area contributed by atoms with Crippen molar-refractivity contribution in [3.05, 3.63) is 35.8 Å². The molecule has 2 heterocycles. The summed E-state index contributed by atoms with van der Waals surface area (Å²) < 4.78 is 25.3. The van der Waals surface area contributed by atoms with Crippen molar-refractivity contribution >= 4 is 5.88 Å². The van der Waals surface area contributed by atoms with Crippen LogP contribution in [0.2, 0.25) is 0 Å². The summed E-state index contributed by atoms with van der Waals surface area (Å²) >= 11 is 0. The minimum atomic E-state index is -0.427. The maximum Gasteiger partial charge on any atom is 0.235 e. The first-order chi connectivity index (χ1) is 10.6. The Balaban J connectivity index is 1.99. The van der Waals surface area contributed by atoms with E-state index in [4.69, 9.17) is 9.15 Å². The van der Waals surface area contributed by atoms with E-state index in [9.17, 15) is 9.65 Å². The lowest BCUT2D eigenvalue weighted by atomic mass is 10.2. The van der Waals surface area contributed by atoms with Gasteiger partial charge in [-0.1, -0.05) is 12.1 Å². The van der Waals surface area contributed by atoms with Crippen molar-refractivity contribution in [1.82, 2.24) is 4.98 Å². The maximum absolute atomic E-state index is 13.9. The molecule has 0 unspecified atom stereocenters. The largest absolute Gasteiger partial charge is 0.419 e. The molecular weight excluding hydrogens is 285 g/mol. The summed E-state index contributed by atoms with van der Waals surface area (Å²) in [5.41, 5.74) is 0.416.